The van der Waals surface area contributed by atoms with Gasteiger partial charge in [0.15, 0.2) is 0 Å². The predicted octanol–water partition coefficient (Wildman–Crippen LogP) is 2.63. The number of benzene rings is 1. The highest BCUT2D eigenvalue weighted by Gasteiger charge is 2.11. The number of ether oxygens (including phenoxy) is 1. The second-order valence-electron chi connectivity index (χ2n) is 3.68. The Hall–Kier alpha value is -2.16. The van der Waals surface area contributed by atoms with Gasteiger partial charge in [-0.2, -0.15) is 0 Å². The monoisotopic (exact) mass is 227 g/mol. The molecule has 0 spiro atoms. The van der Waals surface area contributed by atoms with Gasteiger partial charge in [0, 0.05) is 5.56 Å². The van der Waals surface area contributed by atoms with Crippen LogP contribution in [0.3, 0.4) is 0 Å². The summed E-state index contributed by atoms with van der Waals surface area (Å²) in [6, 6.07) is 12.6. The molecule has 0 aliphatic heterocycles. The van der Waals surface area contributed by atoms with Crippen molar-refractivity contribution < 1.29 is 9.53 Å². The molecule has 0 N–H and O–H groups in total. The standard InChI is InChI=1S/C14H13NO2/c1-10-13(17-2)9-8-12(15-10)14(16)11-6-4-3-5-7-11/h3-9H,1-2H3. The maximum absolute atomic E-state index is 12.1. The van der Waals surface area contributed by atoms with Crippen LogP contribution in [0.5, 0.6) is 5.75 Å². The van der Waals surface area contributed by atoms with E-state index in [0.717, 1.165) is 0 Å². The van der Waals surface area contributed by atoms with Crippen molar-refractivity contribution in [2.24, 2.45) is 0 Å². The number of hydrogen-bond donors (Lipinski definition) is 0. The Morgan fingerprint density at radius 2 is 1.82 bits per heavy atom. The number of aryl methyl sites for hydroxylation is 1. The molecular weight excluding hydrogens is 214 g/mol. The van der Waals surface area contributed by atoms with Gasteiger partial charge >= 0.3 is 0 Å². The fraction of sp³-hybridized carbons (Fsp3) is 0.143. The third-order valence-corrected chi connectivity index (χ3v) is 2.53. The molecule has 2 rings (SSSR count). The molecule has 0 saturated heterocycles. The quantitative estimate of drug-likeness (QED) is 0.757. The normalized spacial score (nSPS) is 10.0. The SMILES string of the molecule is COc1ccc(C(=O)c2ccccc2)nc1C. The molecule has 0 aliphatic rings. The molecule has 1 heterocycles. The highest BCUT2D eigenvalue weighted by Crippen LogP contribution is 2.16. The first-order valence-electron chi connectivity index (χ1n) is 5.34. The van der Waals surface area contributed by atoms with E-state index in [4.69, 9.17) is 4.74 Å². The van der Waals surface area contributed by atoms with E-state index in [1.165, 1.54) is 0 Å². The van der Waals surface area contributed by atoms with Crippen molar-refractivity contribution in [2.75, 3.05) is 7.11 Å². The van der Waals surface area contributed by atoms with Crippen molar-refractivity contribution in [3.05, 3.63) is 59.4 Å². The van der Waals surface area contributed by atoms with Crippen LogP contribution in [-0.2, 0) is 0 Å². The third kappa shape index (κ3) is 2.33. The minimum Gasteiger partial charge on any atom is -0.495 e. The Morgan fingerprint density at radius 1 is 1.12 bits per heavy atom. The summed E-state index contributed by atoms with van der Waals surface area (Å²) >= 11 is 0. The van der Waals surface area contributed by atoms with Gasteiger partial charge in [-0.3, -0.25) is 4.79 Å². The minimum absolute atomic E-state index is 0.0728. The molecule has 1 aromatic carbocycles. The van der Waals surface area contributed by atoms with Gasteiger partial charge in [-0.15, -0.1) is 0 Å². The van der Waals surface area contributed by atoms with E-state index in [9.17, 15) is 4.79 Å². The zero-order chi connectivity index (χ0) is 12.3. The van der Waals surface area contributed by atoms with E-state index in [-0.39, 0.29) is 5.78 Å². The number of hydrogen-bond acceptors (Lipinski definition) is 3. The van der Waals surface area contributed by atoms with Crippen molar-refractivity contribution >= 4 is 5.78 Å². The van der Waals surface area contributed by atoms with Crippen molar-refractivity contribution in [1.82, 2.24) is 4.98 Å². The van der Waals surface area contributed by atoms with Gasteiger partial charge in [0.25, 0.3) is 0 Å². The van der Waals surface area contributed by atoms with E-state index in [1.54, 1.807) is 31.4 Å². The largest absolute Gasteiger partial charge is 0.495 e. The number of rotatable bonds is 3. The number of methoxy groups -OCH3 is 1. The first kappa shape index (κ1) is 11.3. The molecular formula is C14H13NO2. The van der Waals surface area contributed by atoms with Crippen molar-refractivity contribution in [3.8, 4) is 5.75 Å². The molecule has 0 bridgehead atoms. The highest BCUT2D eigenvalue weighted by molar-refractivity contribution is 6.07. The first-order valence-corrected chi connectivity index (χ1v) is 5.34. The molecule has 86 valence electrons. The van der Waals surface area contributed by atoms with Crippen molar-refractivity contribution in [2.45, 2.75) is 6.92 Å². The van der Waals surface area contributed by atoms with Crippen LogP contribution >= 0.6 is 0 Å². The van der Waals surface area contributed by atoms with Crippen molar-refractivity contribution in [3.63, 3.8) is 0 Å². The van der Waals surface area contributed by atoms with E-state index >= 15 is 0 Å². The molecule has 0 unspecified atom stereocenters. The summed E-state index contributed by atoms with van der Waals surface area (Å²) in [5.41, 5.74) is 1.80. The number of carbonyl (C=O) groups excluding carboxylic acids is 1. The summed E-state index contributed by atoms with van der Waals surface area (Å²) < 4.78 is 5.11. The Balaban J connectivity index is 2.35. The molecule has 1 aromatic heterocycles. The van der Waals surface area contributed by atoms with Crippen LogP contribution in [0.4, 0.5) is 0 Å². The maximum Gasteiger partial charge on any atom is 0.211 e. The summed E-state index contributed by atoms with van der Waals surface area (Å²) in [5.74, 6) is 0.617. The molecule has 3 heteroatoms. The van der Waals surface area contributed by atoms with Crippen molar-refractivity contribution in [1.29, 1.82) is 0 Å². The summed E-state index contributed by atoms with van der Waals surface area (Å²) in [4.78, 5) is 16.3. The Morgan fingerprint density at radius 3 is 2.41 bits per heavy atom. The van der Waals surface area contributed by atoms with Gasteiger partial charge in [0.2, 0.25) is 5.78 Å². The van der Waals surface area contributed by atoms with Gasteiger partial charge in [-0.25, -0.2) is 4.98 Å². The molecule has 0 aliphatic carbocycles. The van der Waals surface area contributed by atoms with Crippen LogP contribution < -0.4 is 4.74 Å². The van der Waals surface area contributed by atoms with E-state index in [2.05, 4.69) is 4.98 Å². The first-order chi connectivity index (χ1) is 8.22. The molecule has 0 radical (unpaired) electrons. The molecule has 0 amide bonds. The zero-order valence-corrected chi connectivity index (χ0v) is 9.81. The summed E-state index contributed by atoms with van der Waals surface area (Å²) in [5, 5.41) is 0. The van der Waals surface area contributed by atoms with Crippen LogP contribution in [0.2, 0.25) is 0 Å². The lowest BCUT2D eigenvalue weighted by atomic mass is 10.1. The average Bonchev–Trinajstić information content (AvgIpc) is 2.39. The number of nitrogens with zero attached hydrogens (tertiary/aromatic N) is 1. The smallest absolute Gasteiger partial charge is 0.211 e. The summed E-state index contributed by atoms with van der Waals surface area (Å²) in [6.45, 7) is 1.82. The van der Waals surface area contributed by atoms with Crippen LogP contribution in [0.1, 0.15) is 21.7 Å². The molecule has 2 aromatic rings. The molecule has 0 fully saturated rings. The number of aromatic nitrogens is 1. The van der Waals surface area contributed by atoms with Crippen LogP contribution in [-0.4, -0.2) is 17.9 Å². The number of pyridine rings is 1. The lowest BCUT2D eigenvalue weighted by molar-refractivity contribution is 0.103. The summed E-state index contributed by atoms with van der Waals surface area (Å²) in [7, 11) is 1.59. The average molecular weight is 227 g/mol. The van der Waals surface area contributed by atoms with Crippen LogP contribution in [0.15, 0.2) is 42.5 Å². The second-order valence-corrected chi connectivity index (χ2v) is 3.68. The Labute approximate surface area is 100 Å². The molecule has 17 heavy (non-hydrogen) atoms. The fourth-order valence-corrected chi connectivity index (χ4v) is 1.63. The number of ketones is 1. The zero-order valence-electron chi connectivity index (χ0n) is 9.81. The lowest BCUT2D eigenvalue weighted by Gasteiger charge is -2.05. The van der Waals surface area contributed by atoms with Crippen LogP contribution in [0, 0.1) is 6.92 Å². The van der Waals surface area contributed by atoms with Gasteiger partial charge in [-0.1, -0.05) is 30.3 Å². The third-order valence-electron chi connectivity index (χ3n) is 2.53. The van der Waals surface area contributed by atoms with Gasteiger partial charge in [-0.05, 0) is 19.1 Å². The van der Waals surface area contributed by atoms with Gasteiger partial charge in [0.05, 0.1) is 12.8 Å². The summed E-state index contributed by atoms with van der Waals surface area (Å²) in [6.07, 6.45) is 0. The van der Waals surface area contributed by atoms with Gasteiger partial charge < -0.3 is 4.74 Å². The minimum atomic E-state index is -0.0728. The Bertz CT molecular complexity index is 535. The topological polar surface area (TPSA) is 39.2 Å². The van der Waals surface area contributed by atoms with E-state index in [0.29, 0.717) is 22.7 Å². The van der Waals surface area contributed by atoms with E-state index in [1.807, 2.05) is 25.1 Å². The molecule has 0 saturated carbocycles. The predicted molar refractivity (Wildman–Crippen MR) is 65.4 cm³/mol. The lowest BCUT2D eigenvalue weighted by Crippen LogP contribution is -2.05. The van der Waals surface area contributed by atoms with Crippen LogP contribution in [0.25, 0.3) is 0 Å². The van der Waals surface area contributed by atoms with E-state index < -0.39 is 0 Å². The number of carbonyl (C=O) groups is 1. The molecule has 3 nitrogen and oxygen atoms in total. The maximum atomic E-state index is 12.1. The highest BCUT2D eigenvalue weighted by atomic mass is 16.5. The van der Waals surface area contributed by atoms with Gasteiger partial charge in [0.1, 0.15) is 11.4 Å². The molecule has 0 atom stereocenters. The fourth-order valence-electron chi connectivity index (χ4n) is 1.63. The Kier molecular flexibility index (Phi) is 3.19. The second kappa shape index (κ2) is 4.78.